The number of amides is 1. The van der Waals surface area contributed by atoms with Gasteiger partial charge in [0.2, 0.25) is 5.91 Å². The molecule has 0 aliphatic rings. The fourth-order valence-corrected chi connectivity index (χ4v) is 2.19. The molecule has 6 heteroatoms. The normalized spacial score (nSPS) is 11.5. The van der Waals surface area contributed by atoms with Crippen LogP contribution < -0.4 is 5.32 Å². The van der Waals surface area contributed by atoms with E-state index >= 15 is 0 Å². The highest BCUT2D eigenvalue weighted by atomic mass is 16.3. The molecule has 124 valence electrons. The molecule has 0 saturated heterocycles. The molecule has 23 heavy (non-hydrogen) atoms. The minimum absolute atomic E-state index is 0.352. The third-order valence-electron chi connectivity index (χ3n) is 3.97. The van der Waals surface area contributed by atoms with Crippen LogP contribution in [0.1, 0.15) is 23.9 Å². The highest BCUT2D eigenvalue weighted by Crippen LogP contribution is 2.15. The van der Waals surface area contributed by atoms with Gasteiger partial charge in [-0.2, -0.15) is 0 Å². The Hall–Kier alpha value is -2.18. The van der Waals surface area contributed by atoms with Crippen molar-refractivity contribution in [2.45, 2.75) is 26.9 Å². The minimum Gasteiger partial charge on any atom is -0.395 e. The Kier molecular flexibility index (Phi) is 5.52. The van der Waals surface area contributed by atoms with Gasteiger partial charge in [0.25, 0.3) is 0 Å². The van der Waals surface area contributed by atoms with Gasteiger partial charge in [0, 0.05) is 25.5 Å². The monoisotopic (exact) mass is 317 g/mol. The predicted octanol–water partition coefficient (Wildman–Crippen LogP) is 0.847. The number of carbonyl (C=O) groups excluding carboxylic acids is 1. The summed E-state index contributed by atoms with van der Waals surface area (Å²) >= 11 is 0. The molecule has 0 atom stereocenters. The summed E-state index contributed by atoms with van der Waals surface area (Å²) in [6, 6.07) is 7.92. The van der Waals surface area contributed by atoms with E-state index in [0.717, 1.165) is 23.5 Å². The van der Waals surface area contributed by atoms with Gasteiger partial charge in [-0.15, -0.1) is 0 Å². The van der Waals surface area contributed by atoms with Gasteiger partial charge in [-0.3, -0.25) is 4.79 Å². The van der Waals surface area contributed by atoms with Crippen LogP contribution in [0.2, 0.25) is 0 Å². The number of aryl methyl sites for hydroxylation is 1. The topological polar surface area (TPSA) is 87.4 Å². The number of nitrogens with one attached hydrogen (secondary N) is 1. The summed E-state index contributed by atoms with van der Waals surface area (Å²) in [5.74, 6) is 0.587. The van der Waals surface area contributed by atoms with Crippen molar-refractivity contribution in [2.24, 2.45) is 5.41 Å². The number of carbonyl (C=O) groups is 1. The molecule has 0 radical (unpaired) electrons. The zero-order valence-electron chi connectivity index (χ0n) is 13.5. The highest BCUT2D eigenvalue weighted by molar-refractivity contribution is 5.82. The maximum absolute atomic E-state index is 12.0. The number of aliphatic hydroxyl groups excluding tert-OH is 2. The van der Waals surface area contributed by atoms with Gasteiger partial charge in [-0.1, -0.05) is 24.3 Å². The van der Waals surface area contributed by atoms with Gasteiger partial charge >= 0.3 is 0 Å². The number of hydrogen-bond acceptors (Lipinski definition) is 4. The van der Waals surface area contributed by atoms with Gasteiger partial charge in [0.05, 0.1) is 18.6 Å². The highest BCUT2D eigenvalue weighted by Gasteiger charge is 2.31. The Labute approximate surface area is 135 Å². The smallest absolute Gasteiger partial charge is 0.230 e. The average Bonchev–Trinajstić information content (AvgIpc) is 2.97. The lowest BCUT2D eigenvalue weighted by Crippen LogP contribution is -2.43. The Morgan fingerprint density at radius 1 is 1.30 bits per heavy atom. The Balaban J connectivity index is 2.00. The quantitative estimate of drug-likeness (QED) is 0.706. The first-order valence-corrected chi connectivity index (χ1v) is 7.54. The SMILES string of the molecule is Cc1nccn1Cc1cccc(CNC(=O)C(C)(CO)CO)c1. The number of nitrogens with zero attached hydrogens (tertiary/aromatic N) is 2. The van der Waals surface area contributed by atoms with E-state index in [1.807, 2.05) is 42.0 Å². The van der Waals surface area contributed by atoms with Gasteiger partial charge in [-0.05, 0) is 25.0 Å². The van der Waals surface area contributed by atoms with Crippen molar-refractivity contribution in [3.05, 3.63) is 53.6 Å². The van der Waals surface area contributed by atoms with Gasteiger partial charge in [-0.25, -0.2) is 4.98 Å². The molecule has 1 aromatic carbocycles. The van der Waals surface area contributed by atoms with Crippen LogP contribution in [-0.2, 0) is 17.9 Å². The molecule has 0 bridgehead atoms. The van der Waals surface area contributed by atoms with Gasteiger partial charge < -0.3 is 20.1 Å². The van der Waals surface area contributed by atoms with E-state index in [0.29, 0.717) is 6.54 Å². The van der Waals surface area contributed by atoms with Gasteiger partial charge in [0.15, 0.2) is 0 Å². The standard InChI is InChI=1S/C17H23N3O3/c1-13-18-6-7-20(13)10-15-5-3-4-14(8-15)9-19-16(23)17(2,11-21)12-22/h3-8,21-22H,9-12H2,1-2H3,(H,19,23). The summed E-state index contributed by atoms with van der Waals surface area (Å²) in [4.78, 5) is 16.2. The molecule has 0 fully saturated rings. The maximum atomic E-state index is 12.0. The minimum atomic E-state index is -1.16. The van der Waals surface area contributed by atoms with E-state index in [2.05, 4.69) is 10.3 Å². The first-order valence-electron chi connectivity index (χ1n) is 7.54. The van der Waals surface area contributed by atoms with E-state index in [-0.39, 0.29) is 5.91 Å². The van der Waals surface area contributed by atoms with Crippen molar-refractivity contribution >= 4 is 5.91 Å². The molecule has 1 aromatic heterocycles. The molecule has 2 rings (SSSR count). The predicted molar refractivity (Wildman–Crippen MR) is 86.6 cm³/mol. The van der Waals surface area contributed by atoms with E-state index in [1.54, 1.807) is 6.20 Å². The van der Waals surface area contributed by atoms with Crippen molar-refractivity contribution in [1.29, 1.82) is 0 Å². The van der Waals surface area contributed by atoms with Crippen LogP contribution in [0.5, 0.6) is 0 Å². The molecule has 1 heterocycles. The van der Waals surface area contributed by atoms with Crippen molar-refractivity contribution in [3.63, 3.8) is 0 Å². The summed E-state index contributed by atoms with van der Waals surface area (Å²) in [7, 11) is 0. The second-order valence-corrected chi connectivity index (χ2v) is 5.98. The van der Waals surface area contributed by atoms with E-state index < -0.39 is 18.6 Å². The van der Waals surface area contributed by atoms with Crippen LogP contribution in [0.4, 0.5) is 0 Å². The number of aromatic nitrogens is 2. The second kappa shape index (κ2) is 7.39. The van der Waals surface area contributed by atoms with Crippen molar-refractivity contribution in [2.75, 3.05) is 13.2 Å². The Morgan fingerprint density at radius 3 is 2.61 bits per heavy atom. The second-order valence-electron chi connectivity index (χ2n) is 5.98. The van der Waals surface area contributed by atoms with Crippen LogP contribution in [0.15, 0.2) is 36.7 Å². The summed E-state index contributed by atoms with van der Waals surface area (Å²) in [6.07, 6.45) is 3.70. The first-order chi connectivity index (χ1) is 11.0. The van der Waals surface area contributed by atoms with Crippen LogP contribution in [0, 0.1) is 12.3 Å². The third-order valence-corrected chi connectivity index (χ3v) is 3.97. The molecule has 0 saturated carbocycles. The lowest BCUT2D eigenvalue weighted by Gasteiger charge is -2.23. The molecular weight excluding hydrogens is 294 g/mol. The van der Waals surface area contributed by atoms with Gasteiger partial charge in [0.1, 0.15) is 5.82 Å². The van der Waals surface area contributed by atoms with Crippen LogP contribution in [0.25, 0.3) is 0 Å². The van der Waals surface area contributed by atoms with E-state index in [4.69, 9.17) is 0 Å². The summed E-state index contributed by atoms with van der Waals surface area (Å²) in [5, 5.41) is 21.2. The lowest BCUT2D eigenvalue weighted by molar-refractivity contribution is -0.135. The fraction of sp³-hybridized carbons (Fsp3) is 0.412. The summed E-state index contributed by atoms with van der Waals surface area (Å²) in [5.41, 5.74) is 0.919. The number of rotatable bonds is 7. The third kappa shape index (κ3) is 4.18. The van der Waals surface area contributed by atoms with Crippen molar-refractivity contribution in [1.82, 2.24) is 14.9 Å². The lowest BCUT2D eigenvalue weighted by atomic mass is 9.92. The Bertz CT molecular complexity index is 663. The molecule has 0 aliphatic heterocycles. The number of benzene rings is 1. The molecule has 0 unspecified atom stereocenters. The zero-order valence-corrected chi connectivity index (χ0v) is 13.5. The maximum Gasteiger partial charge on any atom is 0.230 e. The zero-order chi connectivity index (χ0) is 16.9. The largest absolute Gasteiger partial charge is 0.395 e. The molecule has 0 aliphatic carbocycles. The van der Waals surface area contributed by atoms with E-state index in [9.17, 15) is 15.0 Å². The molecule has 1 amide bonds. The number of aliphatic hydroxyl groups is 2. The fourth-order valence-electron chi connectivity index (χ4n) is 2.19. The van der Waals surface area contributed by atoms with Crippen LogP contribution in [-0.4, -0.2) is 38.9 Å². The summed E-state index contributed by atoms with van der Waals surface area (Å²) < 4.78 is 2.05. The molecule has 6 nitrogen and oxygen atoms in total. The van der Waals surface area contributed by atoms with E-state index in [1.165, 1.54) is 6.92 Å². The molecule has 3 N–H and O–H groups in total. The first kappa shape index (κ1) is 17.2. The van der Waals surface area contributed by atoms with Crippen LogP contribution in [0.3, 0.4) is 0 Å². The number of hydrogen-bond donors (Lipinski definition) is 3. The van der Waals surface area contributed by atoms with Crippen molar-refractivity contribution in [3.8, 4) is 0 Å². The number of imidazole rings is 1. The molecule has 2 aromatic rings. The Morgan fingerprint density at radius 2 is 2.00 bits per heavy atom. The van der Waals surface area contributed by atoms with Crippen molar-refractivity contribution < 1.29 is 15.0 Å². The molecule has 0 spiro atoms. The average molecular weight is 317 g/mol. The summed E-state index contributed by atoms with van der Waals surface area (Å²) in [6.45, 7) is 3.77. The molecular formula is C17H23N3O3. The van der Waals surface area contributed by atoms with Crippen LogP contribution >= 0.6 is 0 Å².